The summed E-state index contributed by atoms with van der Waals surface area (Å²) < 4.78 is 41.1. The van der Waals surface area contributed by atoms with Crippen LogP contribution in [-0.4, -0.2) is 26.5 Å². The van der Waals surface area contributed by atoms with E-state index in [0.29, 0.717) is 12.1 Å². The van der Waals surface area contributed by atoms with E-state index in [-0.39, 0.29) is 28.9 Å². The van der Waals surface area contributed by atoms with Crippen LogP contribution in [0.5, 0.6) is 0 Å². The van der Waals surface area contributed by atoms with Crippen molar-refractivity contribution in [2.24, 2.45) is 0 Å². The topological polar surface area (TPSA) is 58.2 Å². The van der Waals surface area contributed by atoms with Crippen LogP contribution in [0.2, 0.25) is 0 Å². The number of hydrogen-bond donors (Lipinski definition) is 2. The highest BCUT2D eigenvalue weighted by molar-refractivity contribution is 7.89. The molecule has 2 atom stereocenters. The van der Waals surface area contributed by atoms with Crippen LogP contribution in [-0.2, 0) is 10.0 Å². The predicted octanol–water partition coefficient (Wildman–Crippen LogP) is 2.12. The molecule has 0 aromatic heterocycles. The van der Waals surface area contributed by atoms with Gasteiger partial charge in [0.15, 0.2) is 0 Å². The van der Waals surface area contributed by atoms with Crippen LogP contribution in [0.4, 0.5) is 4.39 Å². The van der Waals surface area contributed by atoms with Crippen molar-refractivity contribution in [2.45, 2.75) is 55.6 Å². The van der Waals surface area contributed by atoms with Gasteiger partial charge in [-0.15, -0.1) is 12.4 Å². The number of fused-ring (bicyclic) bond motifs is 2. The molecule has 2 fully saturated rings. The number of piperidine rings is 1. The molecule has 21 heavy (non-hydrogen) atoms. The minimum Gasteiger partial charge on any atom is -0.311 e. The van der Waals surface area contributed by atoms with Gasteiger partial charge in [-0.1, -0.05) is 6.07 Å². The monoisotopic (exact) mass is 334 g/mol. The average molecular weight is 335 g/mol. The van der Waals surface area contributed by atoms with Gasteiger partial charge in [-0.2, -0.15) is 0 Å². The molecule has 3 rings (SSSR count). The van der Waals surface area contributed by atoms with Crippen LogP contribution in [0.15, 0.2) is 23.1 Å². The van der Waals surface area contributed by atoms with E-state index in [1.807, 2.05) is 0 Å². The highest BCUT2D eigenvalue weighted by Gasteiger charge is 2.35. The van der Waals surface area contributed by atoms with Crippen molar-refractivity contribution >= 4 is 22.4 Å². The van der Waals surface area contributed by atoms with E-state index in [0.717, 1.165) is 25.7 Å². The molecule has 0 saturated carbocycles. The number of halogens is 2. The van der Waals surface area contributed by atoms with Gasteiger partial charge in [-0.05, 0) is 44.7 Å². The fraction of sp³-hybridized carbons (Fsp3) is 0.571. The first-order valence-electron chi connectivity index (χ1n) is 6.99. The molecule has 2 aliphatic heterocycles. The van der Waals surface area contributed by atoms with Crippen molar-refractivity contribution < 1.29 is 12.8 Å². The molecule has 0 spiro atoms. The Morgan fingerprint density at radius 2 is 1.86 bits per heavy atom. The van der Waals surface area contributed by atoms with Crippen molar-refractivity contribution in [3.63, 3.8) is 0 Å². The summed E-state index contributed by atoms with van der Waals surface area (Å²) in [5.41, 5.74) is 0.178. The number of benzene rings is 1. The van der Waals surface area contributed by atoms with E-state index in [1.165, 1.54) is 25.1 Å². The van der Waals surface area contributed by atoms with E-state index < -0.39 is 15.8 Å². The van der Waals surface area contributed by atoms with Crippen molar-refractivity contribution in [1.82, 2.24) is 10.0 Å². The number of sulfonamides is 1. The van der Waals surface area contributed by atoms with Crippen LogP contribution >= 0.6 is 12.4 Å². The summed E-state index contributed by atoms with van der Waals surface area (Å²) in [6.07, 6.45) is 3.85. The minimum atomic E-state index is -3.65. The van der Waals surface area contributed by atoms with E-state index in [9.17, 15) is 12.8 Å². The van der Waals surface area contributed by atoms with Crippen LogP contribution in [0.3, 0.4) is 0 Å². The van der Waals surface area contributed by atoms with Crippen LogP contribution < -0.4 is 10.0 Å². The third kappa shape index (κ3) is 3.39. The van der Waals surface area contributed by atoms with Crippen molar-refractivity contribution in [2.75, 3.05) is 0 Å². The Morgan fingerprint density at radius 3 is 2.48 bits per heavy atom. The Balaban J connectivity index is 0.00000161. The molecule has 4 nitrogen and oxygen atoms in total. The highest BCUT2D eigenvalue weighted by Crippen LogP contribution is 2.28. The first-order valence-corrected chi connectivity index (χ1v) is 8.47. The second-order valence-corrected chi connectivity index (χ2v) is 7.47. The molecule has 1 aromatic carbocycles. The predicted molar refractivity (Wildman–Crippen MR) is 81.7 cm³/mol. The molecular formula is C14H20ClFN2O2S. The summed E-state index contributed by atoms with van der Waals surface area (Å²) >= 11 is 0. The van der Waals surface area contributed by atoms with Gasteiger partial charge in [0.1, 0.15) is 5.82 Å². The van der Waals surface area contributed by atoms with Gasteiger partial charge in [-0.25, -0.2) is 17.5 Å². The van der Waals surface area contributed by atoms with Crippen LogP contribution in [0.1, 0.15) is 31.2 Å². The zero-order valence-electron chi connectivity index (χ0n) is 11.8. The Kier molecular flexibility index (Phi) is 4.92. The van der Waals surface area contributed by atoms with Crippen molar-refractivity contribution in [3.8, 4) is 0 Å². The van der Waals surface area contributed by atoms with Crippen LogP contribution in [0, 0.1) is 12.7 Å². The first-order chi connectivity index (χ1) is 9.45. The molecule has 118 valence electrons. The van der Waals surface area contributed by atoms with Gasteiger partial charge >= 0.3 is 0 Å². The minimum absolute atomic E-state index is 0. The van der Waals surface area contributed by atoms with Gasteiger partial charge in [0.2, 0.25) is 10.0 Å². The number of nitrogens with one attached hydrogen (secondary N) is 2. The summed E-state index contributed by atoms with van der Waals surface area (Å²) in [6.45, 7) is 1.50. The summed E-state index contributed by atoms with van der Waals surface area (Å²) in [7, 11) is -3.65. The normalized spacial score (nSPS) is 28.2. The van der Waals surface area contributed by atoms with Gasteiger partial charge in [0.25, 0.3) is 0 Å². The molecule has 7 heteroatoms. The third-order valence-electron chi connectivity index (χ3n) is 4.30. The van der Waals surface area contributed by atoms with E-state index in [1.54, 1.807) is 0 Å². The summed E-state index contributed by atoms with van der Waals surface area (Å²) in [4.78, 5) is 0.0448. The molecule has 0 amide bonds. The molecule has 0 aliphatic carbocycles. The van der Waals surface area contributed by atoms with Gasteiger partial charge < -0.3 is 5.32 Å². The lowest BCUT2D eigenvalue weighted by molar-refractivity contribution is 0.345. The molecule has 2 heterocycles. The van der Waals surface area contributed by atoms with Crippen LogP contribution in [0.25, 0.3) is 0 Å². The molecule has 2 aliphatic rings. The second-order valence-electron chi connectivity index (χ2n) is 5.79. The van der Waals surface area contributed by atoms with Crippen molar-refractivity contribution in [1.29, 1.82) is 0 Å². The number of rotatable bonds is 3. The maximum Gasteiger partial charge on any atom is 0.241 e. The standard InChI is InChI=1S/C14H19FN2O2S.ClH/c1-9-13(15)3-2-4-14(9)20(18,19)17-12-7-10-5-6-11(8-12)16-10;/h2-4,10-12,16-17H,5-8H2,1H3;1H. The smallest absolute Gasteiger partial charge is 0.241 e. The molecule has 2 unspecified atom stereocenters. The Hall–Kier alpha value is -0.690. The van der Waals surface area contributed by atoms with Gasteiger partial charge in [-0.3, -0.25) is 0 Å². The lowest BCUT2D eigenvalue weighted by Crippen LogP contribution is -2.48. The Bertz CT molecular complexity index is 611. The largest absolute Gasteiger partial charge is 0.311 e. The van der Waals surface area contributed by atoms with Crippen molar-refractivity contribution in [3.05, 3.63) is 29.6 Å². The maximum absolute atomic E-state index is 13.5. The van der Waals surface area contributed by atoms with Gasteiger partial charge in [0.05, 0.1) is 4.90 Å². The molecule has 2 N–H and O–H groups in total. The summed E-state index contributed by atoms with van der Waals surface area (Å²) in [6, 6.07) is 4.94. The quantitative estimate of drug-likeness (QED) is 0.890. The zero-order valence-corrected chi connectivity index (χ0v) is 13.4. The van der Waals surface area contributed by atoms with Gasteiger partial charge in [0, 0.05) is 23.7 Å². The fourth-order valence-electron chi connectivity index (χ4n) is 3.32. The molecule has 1 aromatic rings. The zero-order chi connectivity index (χ0) is 14.3. The van der Waals surface area contributed by atoms with E-state index >= 15 is 0 Å². The summed E-state index contributed by atoms with van der Waals surface area (Å²) in [5, 5.41) is 3.47. The lowest BCUT2D eigenvalue weighted by atomic mass is 10.0. The third-order valence-corrected chi connectivity index (χ3v) is 5.97. The van der Waals surface area contributed by atoms with E-state index in [2.05, 4.69) is 10.0 Å². The average Bonchev–Trinajstić information content (AvgIpc) is 2.71. The summed E-state index contributed by atoms with van der Waals surface area (Å²) in [5.74, 6) is -0.488. The molecule has 2 saturated heterocycles. The fourth-order valence-corrected chi connectivity index (χ4v) is 4.83. The lowest BCUT2D eigenvalue weighted by Gasteiger charge is -2.29. The SMILES string of the molecule is Cc1c(F)cccc1S(=O)(=O)NC1CC2CCC(C1)N2.Cl. The maximum atomic E-state index is 13.5. The first kappa shape index (κ1) is 16.7. The highest BCUT2D eigenvalue weighted by atomic mass is 35.5. The molecule has 2 bridgehead atoms. The second kappa shape index (κ2) is 6.20. The molecular weight excluding hydrogens is 315 g/mol. The Morgan fingerprint density at radius 1 is 1.24 bits per heavy atom. The molecule has 0 radical (unpaired) electrons. The Labute approximate surface area is 131 Å². The number of hydrogen-bond acceptors (Lipinski definition) is 3. The van der Waals surface area contributed by atoms with E-state index in [4.69, 9.17) is 0 Å².